The molecule has 1 aliphatic heterocycles. The van der Waals surface area contributed by atoms with Crippen LogP contribution >= 0.6 is 11.8 Å². The maximum atomic E-state index is 13.2. The molecule has 180 valence electrons. The van der Waals surface area contributed by atoms with Gasteiger partial charge in [0.1, 0.15) is 17.2 Å². The molecule has 3 rings (SSSR count). The fraction of sp³-hybridized carbons (Fsp3) is 0.292. The summed E-state index contributed by atoms with van der Waals surface area (Å²) >= 11 is 1.11. The SMILES string of the molecule is COc1ccc(C=C2N=C(SCC(=O)NC(C)(C)C)N(c3ccc(OC(F)F)cc3)C2=O)cc1. The molecule has 0 unspecified atom stereocenters. The smallest absolute Gasteiger partial charge is 0.387 e. The zero-order valence-corrected chi connectivity index (χ0v) is 20.0. The molecule has 1 heterocycles. The Morgan fingerprint density at radius 3 is 2.29 bits per heavy atom. The Morgan fingerprint density at radius 2 is 1.74 bits per heavy atom. The van der Waals surface area contributed by atoms with E-state index in [2.05, 4.69) is 15.0 Å². The molecule has 0 fully saturated rings. The number of carbonyl (C=O) groups excluding carboxylic acids is 2. The number of nitrogens with one attached hydrogen (secondary N) is 1. The number of benzene rings is 2. The molecule has 7 nitrogen and oxygen atoms in total. The number of anilines is 1. The van der Waals surface area contributed by atoms with Gasteiger partial charge in [0.25, 0.3) is 5.91 Å². The van der Waals surface area contributed by atoms with Gasteiger partial charge in [-0.3, -0.25) is 14.5 Å². The molecule has 10 heteroatoms. The first kappa shape index (κ1) is 25.2. The van der Waals surface area contributed by atoms with Crippen molar-refractivity contribution in [1.82, 2.24) is 5.32 Å². The van der Waals surface area contributed by atoms with Crippen LogP contribution in [0.25, 0.3) is 6.08 Å². The molecule has 0 aliphatic carbocycles. The molecule has 2 aromatic rings. The number of hydrogen-bond acceptors (Lipinski definition) is 6. The van der Waals surface area contributed by atoms with Crippen molar-refractivity contribution in [3.63, 3.8) is 0 Å². The minimum Gasteiger partial charge on any atom is -0.497 e. The highest BCUT2D eigenvalue weighted by molar-refractivity contribution is 8.14. The molecule has 0 radical (unpaired) electrons. The normalized spacial score (nSPS) is 15.0. The quantitative estimate of drug-likeness (QED) is 0.571. The van der Waals surface area contributed by atoms with Crippen LogP contribution in [-0.2, 0) is 9.59 Å². The van der Waals surface area contributed by atoms with Gasteiger partial charge in [0.05, 0.1) is 18.6 Å². The van der Waals surface area contributed by atoms with Gasteiger partial charge in [-0.15, -0.1) is 0 Å². The van der Waals surface area contributed by atoms with E-state index in [0.29, 0.717) is 16.6 Å². The minimum atomic E-state index is -2.95. The van der Waals surface area contributed by atoms with E-state index in [9.17, 15) is 18.4 Å². The number of thioether (sulfide) groups is 1. The molecule has 0 aromatic heterocycles. The zero-order chi connectivity index (χ0) is 24.9. The Hall–Kier alpha value is -3.40. The van der Waals surface area contributed by atoms with Crippen LogP contribution in [-0.4, -0.2) is 42.0 Å². The summed E-state index contributed by atoms with van der Waals surface area (Å²) in [4.78, 5) is 31.4. The van der Waals surface area contributed by atoms with E-state index in [-0.39, 0.29) is 23.1 Å². The standard InChI is InChI=1S/C24H25F2N3O4S/c1-24(2,3)28-20(30)14-34-23-27-19(13-15-5-9-17(32-4)10-6-15)21(31)29(23)16-7-11-18(12-8-16)33-22(25)26/h5-13,22H,14H2,1-4H3,(H,28,30). The van der Waals surface area contributed by atoms with Gasteiger partial charge in [-0.25, -0.2) is 4.99 Å². The maximum Gasteiger partial charge on any atom is 0.387 e. The van der Waals surface area contributed by atoms with E-state index in [0.717, 1.165) is 17.3 Å². The number of amides is 2. The third-order valence-corrected chi connectivity index (χ3v) is 5.35. The van der Waals surface area contributed by atoms with E-state index in [1.165, 1.54) is 29.2 Å². The Bertz CT molecular complexity index is 1090. The minimum absolute atomic E-state index is 0.0323. The molecule has 2 amide bonds. The molecule has 0 atom stereocenters. The lowest BCUT2D eigenvalue weighted by Gasteiger charge is -2.21. The van der Waals surface area contributed by atoms with Gasteiger partial charge in [0.2, 0.25) is 5.91 Å². The van der Waals surface area contributed by atoms with Gasteiger partial charge in [-0.05, 0) is 68.8 Å². The largest absolute Gasteiger partial charge is 0.497 e. The van der Waals surface area contributed by atoms with Crippen LogP contribution in [0.1, 0.15) is 26.3 Å². The van der Waals surface area contributed by atoms with Gasteiger partial charge >= 0.3 is 6.61 Å². The predicted octanol–water partition coefficient (Wildman–Crippen LogP) is 4.69. The van der Waals surface area contributed by atoms with Crippen molar-refractivity contribution < 1.29 is 27.8 Å². The molecule has 0 spiro atoms. The monoisotopic (exact) mass is 489 g/mol. The van der Waals surface area contributed by atoms with Crippen LogP contribution in [0.3, 0.4) is 0 Å². The summed E-state index contributed by atoms with van der Waals surface area (Å²) in [5.74, 6) is 0.0766. The molecule has 0 saturated carbocycles. The Morgan fingerprint density at radius 1 is 1.12 bits per heavy atom. The second-order valence-electron chi connectivity index (χ2n) is 8.30. The van der Waals surface area contributed by atoms with Crippen molar-refractivity contribution >= 4 is 40.5 Å². The number of carbonyl (C=O) groups is 2. The number of methoxy groups -OCH3 is 1. The molecule has 0 bridgehead atoms. The van der Waals surface area contributed by atoms with Crippen molar-refractivity contribution in [1.29, 1.82) is 0 Å². The third-order valence-electron chi connectivity index (χ3n) is 4.42. The first-order valence-corrected chi connectivity index (χ1v) is 11.3. The molecule has 2 aromatic carbocycles. The van der Waals surface area contributed by atoms with E-state index in [1.54, 1.807) is 37.5 Å². The number of hydrogen-bond donors (Lipinski definition) is 1. The highest BCUT2D eigenvalue weighted by Crippen LogP contribution is 2.31. The lowest BCUT2D eigenvalue weighted by atomic mass is 10.1. The number of amidine groups is 1. The Labute approximate surface area is 200 Å². The summed E-state index contributed by atoms with van der Waals surface area (Å²) in [5.41, 5.74) is 0.930. The van der Waals surface area contributed by atoms with Crippen molar-refractivity contribution in [2.24, 2.45) is 4.99 Å². The highest BCUT2D eigenvalue weighted by atomic mass is 32.2. The third kappa shape index (κ3) is 6.80. The number of nitrogens with zero attached hydrogens (tertiary/aromatic N) is 2. The van der Waals surface area contributed by atoms with Gasteiger partial charge in [0.15, 0.2) is 5.17 Å². The van der Waals surface area contributed by atoms with Gasteiger partial charge in [-0.1, -0.05) is 23.9 Å². The van der Waals surface area contributed by atoms with Gasteiger partial charge in [-0.2, -0.15) is 8.78 Å². The average Bonchev–Trinajstić information content (AvgIpc) is 3.07. The van der Waals surface area contributed by atoms with Crippen LogP contribution < -0.4 is 19.7 Å². The second-order valence-corrected chi connectivity index (χ2v) is 9.24. The van der Waals surface area contributed by atoms with Crippen LogP contribution in [0.5, 0.6) is 11.5 Å². The number of aliphatic imine (C=N–C) groups is 1. The van der Waals surface area contributed by atoms with E-state index >= 15 is 0 Å². The molecule has 1 aliphatic rings. The summed E-state index contributed by atoms with van der Waals surface area (Å²) in [5, 5.41) is 3.17. The van der Waals surface area contributed by atoms with Gasteiger partial charge < -0.3 is 14.8 Å². The van der Waals surface area contributed by atoms with Crippen LogP contribution in [0.15, 0.2) is 59.2 Å². The van der Waals surface area contributed by atoms with Crippen LogP contribution in [0.4, 0.5) is 14.5 Å². The summed E-state index contributed by atoms with van der Waals surface area (Å²) < 4.78 is 34.5. The van der Waals surface area contributed by atoms with E-state index in [1.807, 2.05) is 20.8 Å². The zero-order valence-electron chi connectivity index (χ0n) is 19.2. The van der Waals surface area contributed by atoms with Crippen molar-refractivity contribution in [3.8, 4) is 11.5 Å². The highest BCUT2D eigenvalue weighted by Gasteiger charge is 2.32. The molecular formula is C24H25F2N3O4S. The first-order valence-electron chi connectivity index (χ1n) is 10.3. The predicted molar refractivity (Wildman–Crippen MR) is 129 cm³/mol. The second kappa shape index (κ2) is 10.7. The van der Waals surface area contributed by atoms with E-state index in [4.69, 9.17) is 4.74 Å². The summed E-state index contributed by atoms with van der Waals surface area (Å²) in [7, 11) is 1.56. The molecular weight excluding hydrogens is 464 g/mol. The molecule has 1 N–H and O–H groups in total. The maximum absolute atomic E-state index is 13.2. The fourth-order valence-electron chi connectivity index (χ4n) is 3.04. The topological polar surface area (TPSA) is 80.2 Å². The number of alkyl halides is 2. The Kier molecular flexibility index (Phi) is 7.93. The first-order chi connectivity index (χ1) is 16.1. The van der Waals surface area contributed by atoms with Crippen molar-refractivity contribution in [3.05, 3.63) is 59.8 Å². The lowest BCUT2D eigenvalue weighted by molar-refractivity contribution is -0.120. The lowest BCUT2D eigenvalue weighted by Crippen LogP contribution is -2.42. The molecule has 34 heavy (non-hydrogen) atoms. The molecule has 0 saturated heterocycles. The number of ether oxygens (including phenoxy) is 2. The van der Waals surface area contributed by atoms with Crippen molar-refractivity contribution in [2.75, 3.05) is 17.8 Å². The summed E-state index contributed by atoms with van der Waals surface area (Å²) in [6.45, 7) is 2.67. The van der Waals surface area contributed by atoms with Crippen LogP contribution in [0, 0.1) is 0 Å². The number of rotatable bonds is 7. The average molecular weight is 490 g/mol. The van der Waals surface area contributed by atoms with Crippen LogP contribution in [0.2, 0.25) is 0 Å². The van der Waals surface area contributed by atoms with Crippen molar-refractivity contribution in [2.45, 2.75) is 32.9 Å². The van der Waals surface area contributed by atoms with E-state index < -0.39 is 18.1 Å². The summed E-state index contributed by atoms with van der Waals surface area (Å²) in [6, 6.07) is 12.8. The number of halogens is 2. The van der Waals surface area contributed by atoms with Gasteiger partial charge in [0, 0.05) is 5.54 Å². The Balaban J connectivity index is 1.88. The summed E-state index contributed by atoms with van der Waals surface area (Å²) in [6.07, 6.45) is 1.63. The fourth-order valence-corrected chi connectivity index (χ4v) is 3.85.